The largest absolute Gasteiger partial charge is 0.456 e. The average molecular weight is 731 g/mol. The summed E-state index contributed by atoms with van der Waals surface area (Å²) in [6.45, 7) is 0. The molecule has 4 heterocycles. The van der Waals surface area contributed by atoms with Gasteiger partial charge in [0.2, 0.25) is 5.95 Å². The monoisotopic (exact) mass is 730 g/mol. The van der Waals surface area contributed by atoms with Crippen LogP contribution in [0.25, 0.3) is 117 Å². The van der Waals surface area contributed by atoms with E-state index in [0.29, 0.717) is 17.6 Å². The fourth-order valence-corrected chi connectivity index (χ4v) is 8.47. The zero-order chi connectivity index (χ0) is 37.5. The van der Waals surface area contributed by atoms with Crippen molar-refractivity contribution < 1.29 is 8.83 Å². The third kappa shape index (κ3) is 4.94. The van der Waals surface area contributed by atoms with E-state index in [2.05, 4.69) is 120 Å². The van der Waals surface area contributed by atoms with Crippen molar-refractivity contribution in [3.8, 4) is 51.0 Å². The van der Waals surface area contributed by atoms with Crippen LogP contribution < -0.4 is 0 Å². The maximum Gasteiger partial charge on any atom is 0.238 e. The molecule has 0 unspecified atom stereocenters. The van der Waals surface area contributed by atoms with Gasteiger partial charge in [-0.3, -0.25) is 4.57 Å². The number of nitrogens with zero attached hydrogens (tertiary/aromatic N) is 4. The lowest BCUT2D eigenvalue weighted by Crippen LogP contribution is -2.06. The molecule has 6 nitrogen and oxygen atoms in total. The summed E-state index contributed by atoms with van der Waals surface area (Å²) in [7, 11) is 0. The van der Waals surface area contributed by atoms with Crippen LogP contribution in [0.2, 0.25) is 0 Å². The van der Waals surface area contributed by atoms with Crippen LogP contribution in [-0.4, -0.2) is 19.5 Å². The smallest absolute Gasteiger partial charge is 0.238 e. The van der Waals surface area contributed by atoms with Gasteiger partial charge in [0.25, 0.3) is 0 Å². The van der Waals surface area contributed by atoms with Crippen molar-refractivity contribution in [3.05, 3.63) is 182 Å². The minimum atomic E-state index is 0.509. The summed E-state index contributed by atoms with van der Waals surface area (Å²) in [5, 5.41) is 6.35. The van der Waals surface area contributed by atoms with E-state index in [9.17, 15) is 0 Å². The Balaban J connectivity index is 1.19. The number of benzene rings is 8. The normalized spacial score (nSPS) is 11.9. The van der Waals surface area contributed by atoms with Crippen LogP contribution >= 0.6 is 0 Å². The Bertz CT molecular complexity index is 3510. The fraction of sp³-hybridized carbons (Fsp3) is 0. The Kier molecular flexibility index (Phi) is 6.83. The number of aromatic nitrogens is 4. The second-order valence-electron chi connectivity index (χ2n) is 14.4. The molecule has 8 aromatic carbocycles. The van der Waals surface area contributed by atoms with E-state index in [1.54, 1.807) is 0 Å². The number of para-hydroxylation sites is 2. The van der Waals surface area contributed by atoms with Gasteiger partial charge in [-0.05, 0) is 70.8 Å². The molecule has 12 aromatic rings. The van der Waals surface area contributed by atoms with Crippen LogP contribution in [0.3, 0.4) is 0 Å². The van der Waals surface area contributed by atoms with Crippen molar-refractivity contribution in [1.82, 2.24) is 19.5 Å². The summed E-state index contributed by atoms with van der Waals surface area (Å²) in [5.41, 5.74) is 11.3. The molecule has 12 rings (SSSR count). The van der Waals surface area contributed by atoms with E-state index in [4.69, 9.17) is 23.8 Å². The van der Waals surface area contributed by atoms with Gasteiger partial charge in [0.1, 0.15) is 22.3 Å². The third-order valence-corrected chi connectivity index (χ3v) is 11.1. The molecular weight excluding hydrogens is 701 g/mol. The number of hydrogen-bond donors (Lipinski definition) is 0. The number of hydrogen-bond acceptors (Lipinski definition) is 5. The van der Waals surface area contributed by atoms with Gasteiger partial charge in [0.05, 0.1) is 16.4 Å². The molecular formula is C51H30N4O2. The van der Waals surface area contributed by atoms with Gasteiger partial charge in [0.15, 0.2) is 11.6 Å². The average Bonchev–Trinajstić information content (AvgIpc) is 3.96. The topological polar surface area (TPSA) is 69.9 Å². The first-order valence-corrected chi connectivity index (χ1v) is 19.0. The van der Waals surface area contributed by atoms with Crippen molar-refractivity contribution in [3.63, 3.8) is 0 Å². The Morgan fingerprint density at radius 1 is 0.351 bits per heavy atom. The zero-order valence-electron chi connectivity index (χ0n) is 30.4. The summed E-state index contributed by atoms with van der Waals surface area (Å²) < 4.78 is 15.2. The number of fused-ring (bicyclic) bond motifs is 10. The summed E-state index contributed by atoms with van der Waals surface area (Å²) in [6.07, 6.45) is 0. The van der Waals surface area contributed by atoms with Gasteiger partial charge >= 0.3 is 0 Å². The van der Waals surface area contributed by atoms with Crippen LogP contribution in [0.15, 0.2) is 191 Å². The molecule has 6 heteroatoms. The fourth-order valence-electron chi connectivity index (χ4n) is 8.47. The molecule has 0 saturated heterocycles. The molecule has 0 aliphatic carbocycles. The minimum absolute atomic E-state index is 0.509. The predicted octanol–water partition coefficient (Wildman–Crippen LogP) is 13.4. The van der Waals surface area contributed by atoms with Crippen molar-refractivity contribution in [1.29, 1.82) is 0 Å². The third-order valence-electron chi connectivity index (χ3n) is 11.1. The van der Waals surface area contributed by atoms with E-state index >= 15 is 0 Å². The van der Waals surface area contributed by atoms with Gasteiger partial charge in [-0.2, -0.15) is 9.97 Å². The lowest BCUT2D eigenvalue weighted by molar-refractivity contribution is 0.668. The molecule has 0 amide bonds. The summed E-state index contributed by atoms with van der Waals surface area (Å²) in [6, 6.07) is 62.6. The van der Waals surface area contributed by atoms with Crippen molar-refractivity contribution in [2.45, 2.75) is 0 Å². The molecule has 0 N–H and O–H groups in total. The Labute approximate surface area is 325 Å². The summed E-state index contributed by atoms with van der Waals surface area (Å²) in [4.78, 5) is 15.9. The lowest BCUT2D eigenvalue weighted by Gasteiger charge is -2.12. The van der Waals surface area contributed by atoms with Crippen molar-refractivity contribution in [2.24, 2.45) is 0 Å². The second-order valence-corrected chi connectivity index (χ2v) is 14.4. The second kappa shape index (κ2) is 12.3. The van der Waals surface area contributed by atoms with Crippen LogP contribution in [0.4, 0.5) is 0 Å². The first-order valence-electron chi connectivity index (χ1n) is 19.0. The molecule has 57 heavy (non-hydrogen) atoms. The molecule has 0 saturated carbocycles. The van der Waals surface area contributed by atoms with Gasteiger partial charge in [0, 0.05) is 38.1 Å². The Morgan fingerprint density at radius 2 is 0.947 bits per heavy atom. The highest BCUT2D eigenvalue weighted by Gasteiger charge is 2.23. The first-order chi connectivity index (χ1) is 28.2. The van der Waals surface area contributed by atoms with E-state index in [1.165, 1.54) is 0 Å². The molecule has 0 fully saturated rings. The van der Waals surface area contributed by atoms with Crippen molar-refractivity contribution >= 4 is 65.7 Å². The molecule has 0 aliphatic heterocycles. The maximum absolute atomic E-state index is 6.55. The standard InChI is InChI=1S/C51H30N4O2/c1-4-14-31(15-5-1)34-24-26-41-40(28-34)36-25-27-44-47(38-21-11-13-23-43(38)56-44)48(36)55(41)51-53-49(33-18-8-3-9-19-33)52-50(54-51)35-29-39(32-16-6-2-7-17-32)46-37-20-10-12-22-42(37)57-45(46)30-35/h1-30H. The molecule has 0 aliphatic rings. The molecule has 0 spiro atoms. The highest BCUT2D eigenvalue weighted by molar-refractivity contribution is 6.24. The summed E-state index contributed by atoms with van der Waals surface area (Å²) >= 11 is 0. The quantitative estimate of drug-likeness (QED) is 0.176. The molecule has 0 bridgehead atoms. The van der Waals surface area contributed by atoms with Gasteiger partial charge in [-0.1, -0.05) is 133 Å². The van der Waals surface area contributed by atoms with E-state index < -0.39 is 0 Å². The van der Waals surface area contributed by atoms with E-state index in [1.807, 2.05) is 66.7 Å². The van der Waals surface area contributed by atoms with Gasteiger partial charge in [-0.25, -0.2) is 4.98 Å². The van der Waals surface area contributed by atoms with Crippen LogP contribution in [0.1, 0.15) is 0 Å². The predicted molar refractivity (Wildman–Crippen MR) is 230 cm³/mol. The Morgan fingerprint density at radius 3 is 1.67 bits per heavy atom. The SMILES string of the molecule is c1ccc(-c2ccc3c(c2)c2ccc4oc5ccccc5c4c2n3-c2nc(-c3ccccc3)nc(-c3cc(-c4ccccc4)c4c(c3)oc3ccccc34)n2)cc1. The molecule has 0 atom stereocenters. The minimum Gasteiger partial charge on any atom is -0.456 e. The van der Waals surface area contributed by atoms with Crippen molar-refractivity contribution in [2.75, 3.05) is 0 Å². The highest BCUT2D eigenvalue weighted by Crippen LogP contribution is 2.43. The maximum atomic E-state index is 6.55. The zero-order valence-corrected chi connectivity index (χ0v) is 30.4. The van der Waals surface area contributed by atoms with Crippen LogP contribution in [0, 0.1) is 0 Å². The van der Waals surface area contributed by atoms with Crippen LogP contribution in [0.5, 0.6) is 0 Å². The molecule has 266 valence electrons. The van der Waals surface area contributed by atoms with E-state index in [0.717, 1.165) is 99.1 Å². The summed E-state index contributed by atoms with van der Waals surface area (Å²) in [5.74, 6) is 1.62. The first kappa shape index (κ1) is 31.5. The van der Waals surface area contributed by atoms with Gasteiger partial charge < -0.3 is 8.83 Å². The van der Waals surface area contributed by atoms with Crippen LogP contribution in [-0.2, 0) is 0 Å². The van der Waals surface area contributed by atoms with Gasteiger partial charge in [-0.15, -0.1) is 0 Å². The number of furan rings is 2. The Hall–Kier alpha value is -7.83. The van der Waals surface area contributed by atoms with E-state index in [-0.39, 0.29) is 0 Å². The lowest BCUT2D eigenvalue weighted by atomic mass is 9.97. The number of rotatable bonds is 5. The molecule has 0 radical (unpaired) electrons. The highest BCUT2D eigenvalue weighted by atomic mass is 16.3. The molecule has 4 aromatic heterocycles.